The largest absolute Gasteiger partial charge is 0.365 e. The topological polar surface area (TPSA) is 106 Å². The molecule has 3 rings (SSSR count). The lowest BCUT2D eigenvalue weighted by Gasteiger charge is -2.18. The summed E-state index contributed by atoms with van der Waals surface area (Å²) in [6.07, 6.45) is 4.18. The highest BCUT2D eigenvalue weighted by molar-refractivity contribution is 7.90. The number of nitrogens with zero attached hydrogens (tertiary/aromatic N) is 1. The molecule has 0 fully saturated rings. The number of amides is 1. The molecule has 0 aliphatic heterocycles. The summed E-state index contributed by atoms with van der Waals surface area (Å²) in [7, 11) is -3.33. The second-order valence-electron chi connectivity index (χ2n) is 5.88. The van der Waals surface area contributed by atoms with Crippen molar-refractivity contribution >= 4 is 39.8 Å². The van der Waals surface area contributed by atoms with Crippen LogP contribution in [0, 0.1) is 5.41 Å². The SMILES string of the molecule is CS(=O)(=O)c1ccc2c(c1)C(n1cc(Cl)cc(C(N)=O)c1=N)CC2.Cl. The molecule has 1 atom stereocenters. The maximum Gasteiger partial charge on any atom is 0.252 e. The number of aryl methyl sites for hydroxylation is 1. The van der Waals surface area contributed by atoms with Gasteiger partial charge in [-0.15, -0.1) is 12.4 Å². The summed E-state index contributed by atoms with van der Waals surface area (Å²) in [6.45, 7) is 0. The molecule has 0 saturated carbocycles. The van der Waals surface area contributed by atoms with Gasteiger partial charge in [0.1, 0.15) is 5.49 Å². The van der Waals surface area contributed by atoms with Crippen LogP contribution in [-0.4, -0.2) is 25.1 Å². The van der Waals surface area contributed by atoms with E-state index in [1.807, 2.05) is 0 Å². The predicted octanol–water partition coefficient (Wildman–Crippen LogP) is 2.08. The maximum atomic E-state index is 11.8. The van der Waals surface area contributed by atoms with Crippen molar-refractivity contribution in [1.82, 2.24) is 4.57 Å². The van der Waals surface area contributed by atoms with Crippen LogP contribution in [0.3, 0.4) is 0 Å². The van der Waals surface area contributed by atoms with Crippen molar-refractivity contribution in [3.63, 3.8) is 0 Å². The van der Waals surface area contributed by atoms with Crippen LogP contribution in [0.4, 0.5) is 0 Å². The molecule has 0 saturated heterocycles. The molecule has 1 aliphatic carbocycles. The van der Waals surface area contributed by atoms with Gasteiger partial charge in [0.15, 0.2) is 9.84 Å². The molecule has 3 N–H and O–H groups in total. The van der Waals surface area contributed by atoms with Gasteiger partial charge in [0.25, 0.3) is 5.91 Å². The monoisotopic (exact) mass is 401 g/mol. The normalized spacial score (nSPS) is 16.2. The minimum atomic E-state index is -3.33. The summed E-state index contributed by atoms with van der Waals surface area (Å²) in [4.78, 5) is 11.8. The van der Waals surface area contributed by atoms with Gasteiger partial charge in [-0.05, 0) is 42.2 Å². The lowest BCUT2D eigenvalue weighted by Crippen LogP contribution is -2.31. The first-order chi connectivity index (χ1) is 11.2. The second-order valence-corrected chi connectivity index (χ2v) is 8.33. The smallest absolute Gasteiger partial charge is 0.252 e. The molecule has 0 bridgehead atoms. The third kappa shape index (κ3) is 3.58. The maximum absolute atomic E-state index is 11.8. The van der Waals surface area contributed by atoms with E-state index in [1.54, 1.807) is 29.0 Å². The Morgan fingerprint density at radius 1 is 1.36 bits per heavy atom. The zero-order chi connectivity index (χ0) is 17.6. The number of sulfone groups is 1. The minimum absolute atomic E-state index is 0. The van der Waals surface area contributed by atoms with E-state index >= 15 is 0 Å². The zero-order valence-corrected chi connectivity index (χ0v) is 15.7. The van der Waals surface area contributed by atoms with Crippen LogP contribution in [0.2, 0.25) is 5.02 Å². The Bertz CT molecular complexity index is 1020. The average molecular weight is 402 g/mol. The fourth-order valence-corrected chi connectivity index (χ4v) is 3.96. The third-order valence-corrected chi connectivity index (χ3v) is 5.57. The fraction of sp³-hybridized carbons (Fsp3) is 0.250. The predicted molar refractivity (Wildman–Crippen MR) is 97.1 cm³/mol. The van der Waals surface area contributed by atoms with Gasteiger partial charge in [-0.25, -0.2) is 8.42 Å². The highest BCUT2D eigenvalue weighted by Crippen LogP contribution is 2.35. The standard InChI is InChI=1S/C16H16ClN3O3S.ClH/c1-24(22,23)11-4-2-9-3-5-14(12(9)7-11)20-8-10(17)6-13(15(20)18)16(19)21;/h2,4,6-8,14,18H,3,5H2,1H3,(H2,19,21);1H. The molecule has 2 aromatic rings. The Morgan fingerprint density at radius 3 is 2.64 bits per heavy atom. The number of carbonyl (C=O) groups excluding carboxylic acids is 1. The summed E-state index contributed by atoms with van der Waals surface area (Å²) in [6, 6.07) is 6.14. The number of aromatic nitrogens is 1. The molecule has 0 spiro atoms. The molecule has 9 heteroatoms. The van der Waals surface area contributed by atoms with Crippen LogP contribution < -0.4 is 11.2 Å². The molecule has 0 radical (unpaired) electrons. The van der Waals surface area contributed by atoms with Gasteiger partial charge in [0.2, 0.25) is 0 Å². The summed E-state index contributed by atoms with van der Waals surface area (Å²) < 4.78 is 25.2. The highest BCUT2D eigenvalue weighted by Gasteiger charge is 2.26. The Labute approximate surface area is 156 Å². The first-order valence-corrected chi connectivity index (χ1v) is 9.54. The zero-order valence-electron chi connectivity index (χ0n) is 13.3. The highest BCUT2D eigenvalue weighted by atomic mass is 35.5. The number of fused-ring (bicyclic) bond motifs is 1. The van der Waals surface area contributed by atoms with E-state index < -0.39 is 15.7 Å². The summed E-state index contributed by atoms with van der Waals surface area (Å²) >= 11 is 6.07. The molecule has 1 aliphatic rings. The van der Waals surface area contributed by atoms with Crippen LogP contribution in [-0.2, 0) is 16.3 Å². The van der Waals surface area contributed by atoms with E-state index in [1.165, 1.54) is 6.07 Å². The number of nitrogens with two attached hydrogens (primary N) is 1. The number of nitrogens with one attached hydrogen (secondary N) is 1. The van der Waals surface area contributed by atoms with E-state index in [-0.39, 0.29) is 34.4 Å². The van der Waals surface area contributed by atoms with Crippen molar-refractivity contribution < 1.29 is 13.2 Å². The molecule has 1 heterocycles. The average Bonchev–Trinajstić information content (AvgIpc) is 2.91. The van der Waals surface area contributed by atoms with Crippen LogP contribution in [0.25, 0.3) is 0 Å². The van der Waals surface area contributed by atoms with Gasteiger partial charge in [0.05, 0.1) is 21.5 Å². The van der Waals surface area contributed by atoms with Gasteiger partial charge < -0.3 is 10.3 Å². The van der Waals surface area contributed by atoms with Crippen molar-refractivity contribution in [2.24, 2.45) is 5.73 Å². The van der Waals surface area contributed by atoms with Crippen molar-refractivity contribution in [2.45, 2.75) is 23.8 Å². The number of halogens is 2. The number of hydrogen-bond donors (Lipinski definition) is 2. The van der Waals surface area contributed by atoms with Gasteiger partial charge in [-0.2, -0.15) is 0 Å². The number of primary amides is 1. The molecule has 1 aromatic carbocycles. The minimum Gasteiger partial charge on any atom is -0.365 e. The molecule has 6 nitrogen and oxygen atoms in total. The van der Waals surface area contributed by atoms with E-state index in [0.29, 0.717) is 11.4 Å². The molecule has 25 heavy (non-hydrogen) atoms. The summed E-state index contributed by atoms with van der Waals surface area (Å²) in [5, 5.41) is 8.54. The van der Waals surface area contributed by atoms with Gasteiger partial charge in [-0.3, -0.25) is 10.2 Å². The molecule has 1 unspecified atom stereocenters. The van der Waals surface area contributed by atoms with Crippen molar-refractivity contribution in [1.29, 1.82) is 5.41 Å². The van der Waals surface area contributed by atoms with E-state index in [2.05, 4.69) is 0 Å². The van der Waals surface area contributed by atoms with Gasteiger partial charge in [-0.1, -0.05) is 17.7 Å². The summed E-state index contributed by atoms with van der Waals surface area (Å²) in [5.41, 5.74) is 7.18. The van der Waals surface area contributed by atoms with Gasteiger partial charge in [0, 0.05) is 12.5 Å². The fourth-order valence-electron chi connectivity index (χ4n) is 3.09. The van der Waals surface area contributed by atoms with E-state index in [4.69, 9.17) is 22.7 Å². The number of carbonyl (C=O) groups is 1. The van der Waals surface area contributed by atoms with Crippen LogP contribution >= 0.6 is 24.0 Å². The first kappa shape index (κ1) is 19.5. The summed E-state index contributed by atoms with van der Waals surface area (Å²) in [5.74, 6) is -0.723. The molecular weight excluding hydrogens is 385 g/mol. The number of rotatable bonds is 3. The Kier molecular flexibility index (Phi) is 5.32. The van der Waals surface area contributed by atoms with Crippen LogP contribution in [0.5, 0.6) is 0 Å². The van der Waals surface area contributed by atoms with Crippen LogP contribution in [0.15, 0.2) is 35.4 Å². The number of benzene rings is 1. The lowest BCUT2D eigenvalue weighted by molar-refractivity contribution is 0.0997. The van der Waals surface area contributed by atoms with Crippen LogP contribution in [0.1, 0.15) is 33.9 Å². The van der Waals surface area contributed by atoms with Crippen molar-refractivity contribution in [2.75, 3.05) is 6.26 Å². The third-order valence-electron chi connectivity index (χ3n) is 4.25. The van der Waals surface area contributed by atoms with Crippen molar-refractivity contribution in [3.05, 3.63) is 57.7 Å². The number of pyridine rings is 1. The lowest BCUT2D eigenvalue weighted by atomic mass is 10.1. The van der Waals surface area contributed by atoms with E-state index in [0.717, 1.165) is 23.8 Å². The molecular formula is C16H17Cl2N3O3S. The molecule has 1 aromatic heterocycles. The van der Waals surface area contributed by atoms with E-state index in [9.17, 15) is 13.2 Å². The Hall–Kier alpha value is -1.83. The Balaban J connectivity index is 0.00000225. The second kappa shape index (κ2) is 6.82. The quantitative estimate of drug-likeness (QED) is 0.821. The van der Waals surface area contributed by atoms with Crippen molar-refractivity contribution in [3.8, 4) is 0 Å². The first-order valence-electron chi connectivity index (χ1n) is 7.27. The molecule has 134 valence electrons. The number of hydrogen-bond acceptors (Lipinski definition) is 4. The van der Waals surface area contributed by atoms with Gasteiger partial charge >= 0.3 is 0 Å². The molecule has 1 amide bonds. The Morgan fingerprint density at radius 2 is 2.04 bits per heavy atom.